The van der Waals surface area contributed by atoms with Crippen molar-refractivity contribution in [2.24, 2.45) is 11.5 Å². The van der Waals surface area contributed by atoms with Crippen LogP contribution in [-0.2, 0) is 26.2 Å². The highest BCUT2D eigenvalue weighted by Crippen LogP contribution is 2.36. The van der Waals surface area contributed by atoms with Crippen molar-refractivity contribution in [1.82, 2.24) is 9.80 Å². The van der Waals surface area contributed by atoms with Crippen LogP contribution in [0.15, 0.2) is 91.0 Å². The maximum Gasteiger partial charge on any atom is 0.488 e. The number of benzene rings is 5. The van der Waals surface area contributed by atoms with E-state index in [2.05, 4.69) is 52.3 Å². The monoisotopic (exact) mass is 755 g/mol. The zero-order valence-corrected chi connectivity index (χ0v) is 33.3. The fourth-order valence-electron chi connectivity index (χ4n) is 8.03. The molecule has 0 heterocycles. The Hall–Kier alpha value is -3.86. The topological polar surface area (TPSA) is 136 Å². The summed E-state index contributed by atoms with van der Waals surface area (Å²) in [5.74, 6) is 0.0322. The Morgan fingerprint density at radius 1 is 0.589 bits per heavy atom. The number of unbranched alkanes of at least 4 members (excludes halogenated alkanes) is 8. The van der Waals surface area contributed by atoms with Gasteiger partial charge in [0.15, 0.2) is 5.78 Å². The van der Waals surface area contributed by atoms with Crippen LogP contribution in [-0.4, -0.2) is 71.4 Å². The summed E-state index contributed by atoms with van der Waals surface area (Å²) in [6, 6.07) is 30.4. The van der Waals surface area contributed by atoms with E-state index >= 15 is 0 Å². The summed E-state index contributed by atoms with van der Waals surface area (Å²) >= 11 is 0. The number of fused-ring (bicyclic) bond motifs is 2. The first-order valence-corrected chi connectivity index (χ1v) is 20.7. The van der Waals surface area contributed by atoms with Crippen molar-refractivity contribution in [1.29, 1.82) is 0 Å². The number of hydrogen-bond donors (Lipinski definition) is 5. The van der Waals surface area contributed by atoms with Crippen LogP contribution in [0.5, 0.6) is 0 Å². The predicted octanol–water partition coefficient (Wildman–Crippen LogP) is 5.94. The van der Waals surface area contributed by atoms with Gasteiger partial charge in [0, 0.05) is 31.7 Å². The Balaban J connectivity index is 1.58. The van der Waals surface area contributed by atoms with Gasteiger partial charge >= 0.3 is 14.6 Å². The minimum atomic E-state index is -1.55. The Bertz CT molecular complexity index is 1990. The van der Waals surface area contributed by atoms with Crippen LogP contribution < -0.4 is 22.4 Å². The summed E-state index contributed by atoms with van der Waals surface area (Å²) < 4.78 is 0. The molecule has 0 spiro atoms. The van der Waals surface area contributed by atoms with Crippen molar-refractivity contribution in [2.45, 2.75) is 97.3 Å². The van der Waals surface area contributed by atoms with E-state index in [-0.39, 0.29) is 5.78 Å². The summed E-state index contributed by atoms with van der Waals surface area (Å²) in [4.78, 5) is 17.8. The zero-order valence-electron chi connectivity index (χ0n) is 33.3. The van der Waals surface area contributed by atoms with Gasteiger partial charge in [-0.2, -0.15) is 0 Å². The SMILES string of the molecule is CC(=O)c1ccc2c(CN(CCCCCCCN)Cc3ccccc3B(O)O)c3ccccc3c(CN(CCCCCCCN)Cc3ccccc3[B]O)c2c1. The summed E-state index contributed by atoms with van der Waals surface area (Å²) in [7, 11) is -0.351. The maximum absolute atomic E-state index is 12.9. The molecule has 0 aliphatic heterocycles. The van der Waals surface area contributed by atoms with Crippen molar-refractivity contribution < 1.29 is 19.9 Å². The molecule has 0 bridgehead atoms. The molecule has 0 aliphatic carbocycles. The van der Waals surface area contributed by atoms with E-state index < -0.39 is 7.12 Å². The van der Waals surface area contributed by atoms with Crippen LogP contribution in [0.2, 0.25) is 0 Å². The number of nitrogens with zero attached hydrogens (tertiary/aromatic N) is 2. The Labute approximate surface area is 335 Å². The first-order valence-electron chi connectivity index (χ1n) is 20.7. The third-order valence-corrected chi connectivity index (χ3v) is 11.1. The highest BCUT2D eigenvalue weighted by Gasteiger charge is 2.22. The van der Waals surface area contributed by atoms with Crippen LogP contribution >= 0.6 is 0 Å². The average Bonchev–Trinajstić information content (AvgIpc) is 3.21. The molecule has 5 rings (SSSR count). The third kappa shape index (κ3) is 12.1. The van der Waals surface area contributed by atoms with Gasteiger partial charge in [-0.15, -0.1) is 0 Å². The minimum Gasteiger partial charge on any atom is -0.450 e. The lowest BCUT2D eigenvalue weighted by Gasteiger charge is -2.28. The second-order valence-corrected chi connectivity index (χ2v) is 15.3. The van der Waals surface area contributed by atoms with E-state index in [9.17, 15) is 19.9 Å². The van der Waals surface area contributed by atoms with Gasteiger partial charge < -0.3 is 26.5 Å². The molecule has 0 saturated carbocycles. The van der Waals surface area contributed by atoms with E-state index in [0.717, 1.165) is 118 Å². The lowest BCUT2D eigenvalue weighted by Crippen LogP contribution is -2.36. The molecular weight excluding hydrogens is 694 g/mol. The molecule has 0 atom stereocenters. The molecule has 1 radical (unpaired) electrons. The molecule has 0 unspecified atom stereocenters. The van der Waals surface area contributed by atoms with Crippen LogP contribution in [0.25, 0.3) is 21.5 Å². The first-order chi connectivity index (χ1) is 27.3. The van der Waals surface area contributed by atoms with Gasteiger partial charge in [0.05, 0.1) is 0 Å². The zero-order chi connectivity index (χ0) is 39.7. The molecule has 0 fully saturated rings. The Morgan fingerprint density at radius 3 is 1.64 bits per heavy atom. The van der Waals surface area contributed by atoms with Gasteiger partial charge in [-0.05, 0) is 120 Å². The molecule has 5 aromatic rings. The van der Waals surface area contributed by atoms with Crippen LogP contribution in [0.1, 0.15) is 104 Å². The number of Topliss-reactive ketones (excluding diaryl/α,β-unsaturated/α-hetero) is 1. The molecule has 56 heavy (non-hydrogen) atoms. The number of carbonyl (C=O) groups is 1. The van der Waals surface area contributed by atoms with Crippen molar-refractivity contribution in [3.8, 4) is 0 Å². The van der Waals surface area contributed by atoms with Crippen LogP contribution in [0, 0.1) is 0 Å². The number of rotatable bonds is 25. The molecule has 295 valence electrons. The van der Waals surface area contributed by atoms with Crippen molar-refractivity contribution in [3.05, 3.63) is 119 Å². The second-order valence-electron chi connectivity index (χ2n) is 15.3. The van der Waals surface area contributed by atoms with E-state index in [1.165, 1.54) is 29.4 Å². The molecule has 0 amide bonds. The van der Waals surface area contributed by atoms with Gasteiger partial charge in [0.1, 0.15) is 0 Å². The summed E-state index contributed by atoms with van der Waals surface area (Å²) in [6.07, 6.45) is 10.9. The number of hydrogen-bond acceptors (Lipinski definition) is 8. The summed E-state index contributed by atoms with van der Waals surface area (Å²) in [5, 5.41) is 35.2. The lowest BCUT2D eigenvalue weighted by molar-refractivity contribution is 0.101. The van der Waals surface area contributed by atoms with E-state index in [1.54, 1.807) is 13.0 Å². The average molecular weight is 756 g/mol. The van der Waals surface area contributed by atoms with Crippen LogP contribution in [0.4, 0.5) is 0 Å². The fourth-order valence-corrected chi connectivity index (χ4v) is 8.03. The second kappa shape index (κ2) is 22.8. The van der Waals surface area contributed by atoms with E-state index in [4.69, 9.17) is 11.5 Å². The molecule has 0 saturated heterocycles. The Kier molecular flexibility index (Phi) is 17.6. The van der Waals surface area contributed by atoms with Gasteiger partial charge in [0.2, 0.25) is 0 Å². The molecule has 7 N–H and O–H groups in total. The highest BCUT2D eigenvalue weighted by atomic mass is 16.4. The van der Waals surface area contributed by atoms with Crippen molar-refractivity contribution >= 4 is 52.9 Å². The van der Waals surface area contributed by atoms with Crippen molar-refractivity contribution in [3.63, 3.8) is 0 Å². The van der Waals surface area contributed by atoms with E-state index in [0.29, 0.717) is 37.2 Å². The van der Waals surface area contributed by atoms with Crippen molar-refractivity contribution in [2.75, 3.05) is 26.2 Å². The summed E-state index contributed by atoms with van der Waals surface area (Å²) in [5.41, 5.74) is 17.9. The molecule has 0 aliphatic rings. The minimum absolute atomic E-state index is 0.0322. The number of ketones is 1. The van der Waals surface area contributed by atoms with Gasteiger partial charge in [0.25, 0.3) is 0 Å². The Morgan fingerprint density at radius 2 is 1.07 bits per heavy atom. The molecular formula is C46H61B2N4O4. The molecule has 8 nitrogen and oxygen atoms in total. The maximum atomic E-state index is 12.9. The van der Waals surface area contributed by atoms with Gasteiger partial charge in [-0.25, -0.2) is 0 Å². The normalized spacial score (nSPS) is 11.6. The van der Waals surface area contributed by atoms with E-state index in [1.807, 2.05) is 42.5 Å². The highest BCUT2D eigenvalue weighted by molar-refractivity contribution is 6.59. The standard InChI is InChI=1S/C46H61B2N4O4/c1-35(53)36-24-25-41-42(30-36)44(34-51(28-16-6-2-4-14-26-49)31-37-18-8-12-22-45(37)47-54)40-21-11-10-20-39(40)43(41)33-52(29-17-7-3-5-15-27-50)32-38-19-9-13-23-46(38)48(55)56/h8-13,18-25,30,54-56H,2-7,14-17,26-29,31-34,49-50H2,1H3. The molecule has 5 aromatic carbocycles. The van der Waals surface area contributed by atoms with Gasteiger partial charge in [-0.1, -0.05) is 123 Å². The van der Waals surface area contributed by atoms with Gasteiger partial charge in [-0.3, -0.25) is 14.6 Å². The quantitative estimate of drug-likeness (QED) is 0.0214. The molecule has 0 aromatic heterocycles. The fraction of sp³-hybridized carbons (Fsp3) is 0.413. The first kappa shape index (κ1) is 43.3. The number of carbonyl (C=O) groups excluding carboxylic acids is 1. The summed E-state index contributed by atoms with van der Waals surface area (Å²) in [6.45, 7) is 7.39. The molecule has 10 heteroatoms. The predicted molar refractivity (Wildman–Crippen MR) is 234 cm³/mol. The lowest BCUT2D eigenvalue weighted by atomic mass is 9.77. The van der Waals surface area contributed by atoms with Crippen LogP contribution in [0.3, 0.4) is 0 Å². The third-order valence-electron chi connectivity index (χ3n) is 11.1. The number of nitrogens with two attached hydrogens (primary N) is 2. The largest absolute Gasteiger partial charge is 0.488 e. The smallest absolute Gasteiger partial charge is 0.450 e.